The first-order valence-corrected chi connectivity index (χ1v) is 11.1. The molecular weight excluding hydrogens is 396 g/mol. The Hall–Kier alpha value is -2.64. The number of nitrogens with one attached hydrogen (secondary N) is 1. The third-order valence-electron chi connectivity index (χ3n) is 5.50. The number of nitrogens with zero attached hydrogens (tertiary/aromatic N) is 3. The molecule has 1 aliphatic rings. The number of ether oxygens (including phenoxy) is 1. The van der Waals surface area contributed by atoms with Crippen LogP contribution >= 0.6 is 11.3 Å². The van der Waals surface area contributed by atoms with Crippen LogP contribution in [0, 0.1) is 0 Å². The molecule has 3 aromatic rings. The summed E-state index contributed by atoms with van der Waals surface area (Å²) in [5.41, 5.74) is 2.19. The van der Waals surface area contributed by atoms with Crippen molar-refractivity contribution in [1.82, 2.24) is 15.2 Å². The molecule has 1 aliphatic heterocycles. The average molecular weight is 425 g/mol. The van der Waals surface area contributed by atoms with Gasteiger partial charge in [0.25, 0.3) is 0 Å². The van der Waals surface area contributed by atoms with Crippen LogP contribution in [0.3, 0.4) is 0 Å². The number of piperidine rings is 1. The smallest absolute Gasteiger partial charge is 0.239 e. The van der Waals surface area contributed by atoms with E-state index in [9.17, 15) is 4.79 Å². The maximum atomic E-state index is 12.6. The van der Waals surface area contributed by atoms with Gasteiger partial charge in [-0.15, -0.1) is 0 Å². The molecule has 0 unspecified atom stereocenters. The number of carbonyl (C=O) groups is 1. The number of amides is 1. The first-order valence-electron chi connectivity index (χ1n) is 10.3. The van der Waals surface area contributed by atoms with Crippen molar-refractivity contribution >= 4 is 32.6 Å². The Labute approximate surface area is 181 Å². The zero-order valence-corrected chi connectivity index (χ0v) is 18.3. The van der Waals surface area contributed by atoms with E-state index in [4.69, 9.17) is 4.74 Å². The summed E-state index contributed by atoms with van der Waals surface area (Å²) in [5.74, 6) is 0.806. The predicted octanol–water partition coefficient (Wildman–Crippen LogP) is 3.52. The lowest BCUT2D eigenvalue weighted by Gasteiger charge is -2.32. The number of likely N-dealkylation sites (N-methyl/N-ethyl adjacent to an activating group) is 1. The third kappa shape index (κ3) is 4.91. The number of carbonyl (C=O) groups excluding carboxylic acids is 1. The lowest BCUT2D eigenvalue weighted by Crippen LogP contribution is -2.46. The van der Waals surface area contributed by atoms with Crippen LogP contribution in [0.1, 0.15) is 18.4 Å². The van der Waals surface area contributed by atoms with E-state index < -0.39 is 0 Å². The van der Waals surface area contributed by atoms with Gasteiger partial charge in [-0.2, -0.15) is 0 Å². The fourth-order valence-corrected chi connectivity index (χ4v) is 4.82. The summed E-state index contributed by atoms with van der Waals surface area (Å²) in [7, 11) is 3.56. The van der Waals surface area contributed by atoms with Crippen LogP contribution in [0.4, 0.5) is 5.13 Å². The molecule has 0 atom stereocenters. The van der Waals surface area contributed by atoms with Gasteiger partial charge in [0.1, 0.15) is 11.3 Å². The van der Waals surface area contributed by atoms with Gasteiger partial charge in [0.2, 0.25) is 5.91 Å². The number of methoxy groups -OCH3 is 1. The molecule has 0 bridgehead atoms. The number of hydrogen-bond acceptors (Lipinski definition) is 6. The summed E-state index contributed by atoms with van der Waals surface area (Å²) in [5, 5.41) is 4.03. The fraction of sp³-hybridized carbons (Fsp3) is 0.391. The molecule has 0 radical (unpaired) electrons. The molecule has 1 fully saturated rings. The first kappa shape index (κ1) is 20.6. The number of aromatic nitrogens is 1. The van der Waals surface area contributed by atoms with E-state index in [1.54, 1.807) is 18.4 Å². The molecule has 1 N–H and O–H groups in total. The van der Waals surface area contributed by atoms with Crippen molar-refractivity contribution in [3.05, 3.63) is 54.1 Å². The Bertz CT molecular complexity index is 983. The number of para-hydroxylation sites is 1. The highest BCUT2D eigenvalue weighted by Gasteiger charge is 2.22. The Kier molecular flexibility index (Phi) is 6.50. The minimum Gasteiger partial charge on any atom is -0.494 e. The fourth-order valence-electron chi connectivity index (χ4n) is 3.87. The molecule has 1 aromatic heterocycles. The molecule has 0 saturated carbocycles. The van der Waals surface area contributed by atoms with Gasteiger partial charge in [-0.1, -0.05) is 47.7 Å². The minimum atomic E-state index is 0.0465. The number of hydrogen-bond donors (Lipinski definition) is 1. The van der Waals surface area contributed by atoms with Crippen molar-refractivity contribution in [2.24, 2.45) is 0 Å². The molecule has 30 heavy (non-hydrogen) atoms. The number of likely N-dealkylation sites (tertiary alicyclic amines) is 1. The van der Waals surface area contributed by atoms with E-state index in [0.717, 1.165) is 53.6 Å². The second kappa shape index (κ2) is 9.45. The van der Waals surface area contributed by atoms with Crippen LogP contribution in [0.5, 0.6) is 5.75 Å². The zero-order chi connectivity index (χ0) is 20.9. The number of fused-ring (bicyclic) bond motifs is 1. The van der Waals surface area contributed by atoms with Crippen molar-refractivity contribution in [1.29, 1.82) is 0 Å². The summed E-state index contributed by atoms with van der Waals surface area (Å²) in [6.45, 7) is 3.29. The molecular formula is C23H28N4O2S. The average Bonchev–Trinajstić information content (AvgIpc) is 3.20. The van der Waals surface area contributed by atoms with E-state index >= 15 is 0 Å². The molecule has 7 heteroatoms. The molecule has 2 aromatic carbocycles. The number of anilines is 1. The van der Waals surface area contributed by atoms with Crippen molar-refractivity contribution in [2.45, 2.75) is 25.4 Å². The monoisotopic (exact) mass is 424 g/mol. The molecule has 4 rings (SSSR count). The van der Waals surface area contributed by atoms with Crippen molar-refractivity contribution < 1.29 is 9.53 Å². The number of benzene rings is 2. The summed E-state index contributed by atoms with van der Waals surface area (Å²) in [4.78, 5) is 21.6. The van der Waals surface area contributed by atoms with Crippen LogP contribution in [0.15, 0.2) is 48.5 Å². The highest BCUT2D eigenvalue weighted by Crippen LogP contribution is 2.33. The number of thiazole rings is 1. The Morgan fingerprint density at radius 1 is 1.20 bits per heavy atom. The van der Waals surface area contributed by atoms with E-state index in [1.807, 2.05) is 36.2 Å². The van der Waals surface area contributed by atoms with Gasteiger partial charge in [-0.05, 0) is 30.5 Å². The highest BCUT2D eigenvalue weighted by molar-refractivity contribution is 7.22. The van der Waals surface area contributed by atoms with Crippen LogP contribution in [-0.2, 0) is 11.3 Å². The van der Waals surface area contributed by atoms with Gasteiger partial charge in [0, 0.05) is 32.7 Å². The lowest BCUT2D eigenvalue weighted by atomic mass is 10.0. The molecule has 1 amide bonds. The van der Waals surface area contributed by atoms with E-state index in [2.05, 4.69) is 39.5 Å². The van der Waals surface area contributed by atoms with E-state index in [0.29, 0.717) is 6.54 Å². The Morgan fingerprint density at radius 2 is 1.97 bits per heavy atom. The standard InChI is InChI=1S/C23H28N4O2S/c1-26(23-25-22-19(29-2)9-6-10-20(22)30-23)16-21(28)24-18-11-13-27(14-12-18)15-17-7-4-3-5-8-17/h3-10,18H,11-16H2,1-2H3,(H,24,28). The Morgan fingerprint density at radius 3 is 2.70 bits per heavy atom. The van der Waals surface area contributed by atoms with Gasteiger partial charge in [0.05, 0.1) is 18.4 Å². The van der Waals surface area contributed by atoms with Crippen molar-refractivity contribution in [2.75, 3.05) is 38.7 Å². The van der Waals surface area contributed by atoms with Crippen LogP contribution in [-0.4, -0.2) is 55.6 Å². The van der Waals surface area contributed by atoms with Crippen molar-refractivity contribution in [3.63, 3.8) is 0 Å². The quantitative estimate of drug-likeness (QED) is 0.629. The predicted molar refractivity (Wildman–Crippen MR) is 122 cm³/mol. The largest absolute Gasteiger partial charge is 0.494 e. The Balaban J connectivity index is 1.27. The normalized spacial score (nSPS) is 15.3. The van der Waals surface area contributed by atoms with Crippen molar-refractivity contribution in [3.8, 4) is 5.75 Å². The van der Waals surface area contributed by atoms with Gasteiger partial charge in [-0.25, -0.2) is 4.98 Å². The van der Waals surface area contributed by atoms with Crippen LogP contribution in [0.2, 0.25) is 0 Å². The van der Waals surface area contributed by atoms with Crippen LogP contribution in [0.25, 0.3) is 10.2 Å². The SMILES string of the molecule is COc1cccc2sc(N(C)CC(=O)NC3CCN(Cc4ccccc4)CC3)nc12. The maximum Gasteiger partial charge on any atom is 0.239 e. The molecule has 0 spiro atoms. The summed E-state index contributed by atoms with van der Waals surface area (Å²) in [6, 6.07) is 16.7. The van der Waals surface area contributed by atoms with E-state index in [-0.39, 0.29) is 11.9 Å². The topological polar surface area (TPSA) is 57.7 Å². The second-order valence-corrected chi connectivity index (χ2v) is 8.77. The van der Waals surface area contributed by atoms with Crippen LogP contribution < -0.4 is 15.0 Å². The second-order valence-electron chi connectivity index (χ2n) is 7.76. The lowest BCUT2D eigenvalue weighted by molar-refractivity contribution is -0.120. The molecule has 0 aliphatic carbocycles. The maximum absolute atomic E-state index is 12.6. The highest BCUT2D eigenvalue weighted by atomic mass is 32.1. The zero-order valence-electron chi connectivity index (χ0n) is 17.5. The molecule has 1 saturated heterocycles. The van der Waals surface area contributed by atoms with Gasteiger partial charge < -0.3 is 15.0 Å². The van der Waals surface area contributed by atoms with Gasteiger partial charge >= 0.3 is 0 Å². The third-order valence-corrected chi connectivity index (χ3v) is 6.63. The van der Waals surface area contributed by atoms with Gasteiger partial charge in [0.15, 0.2) is 5.13 Å². The minimum absolute atomic E-state index is 0.0465. The molecule has 6 nitrogen and oxygen atoms in total. The summed E-state index contributed by atoms with van der Waals surface area (Å²) < 4.78 is 6.45. The summed E-state index contributed by atoms with van der Waals surface area (Å²) >= 11 is 1.57. The molecule has 158 valence electrons. The van der Waals surface area contributed by atoms with Gasteiger partial charge in [-0.3, -0.25) is 9.69 Å². The summed E-state index contributed by atoms with van der Waals surface area (Å²) in [6.07, 6.45) is 1.97. The molecule has 2 heterocycles. The first-order chi connectivity index (χ1) is 14.6. The number of rotatable bonds is 7. The van der Waals surface area contributed by atoms with E-state index in [1.165, 1.54) is 5.56 Å².